The molecule has 54 valence electrons. The Balaban J connectivity index is 3.75. The van der Waals surface area contributed by atoms with Crippen LogP contribution in [0.4, 0.5) is 0 Å². The van der Waals surface area contributed by atoms with Crippen molar-refractivity contribution < 1.29 is 0 Å². The number of hydrogen-bond donors (Lipinski definition) is 1. The van der Waals surface area contributed by atoms with Gasteiger partial charge in [-0.15, -0.1) is 0 Å². The SMILES string of the molecule is CCC(=CC(C)C)CN. The summed E-state index contributed by atoms with van der Waals surface area (Å²) in [7, 11) is 0. The van der Waals surface area contributed by atoms with Crippen molar-refractivity contribution in [3.05, 3.63) is 11.6 Å². The summed E-state index contributed by atoms with van der Waals surface area (Å²) in [5.41, 5.74) is 6.83. The Morgan fingerprint density at radius 3 is 2.22 bits per heavy atom. The molecule has 0 rings (SSSR count). The van der Waals surface area contributed by atoms with Crippen LogP contribution >= 0.6 is 0 Å². The third-order valence-corrected chi connectivity index (χ3v) is 1.29. The van der Waals surface area contributed by atoms with Gasteiger partial charge in [-0.25, -0.2) is 0 Å². The van der Waals surface area contributed by atoms with E-state index in [0.717, 1.165) is 6.42 Å². The summed E-state index contributed by atoms with van der Waals surface area (Å²) in [6.45, 7) is 7.20. The molecule has 0 aromatic heterocycles. The highest BCUT2D eigenvalue weighted by molar-refractivity contribution is 5.03. The van der Waals surface area contributed by atoms with E-state index in [4.69, 9.17) is 5.73 Å². The maximum absolute atomic E-state index is 5.46. The molecular formula is C8H17N. The highest BCUT2D eigenvalue weighted by Gasteiger charge is 1.91. The van der Waals surface area contributed by atoms with Gasteiger partial charge in [-0.2, -0.15) is 0 Å². The van der Waals surface area contributed by atoms with Crippen LogP contribution in [0, 0.1) is 5.92 Å². The third kappa shape index (κ3) is 4.22. The molecule has 0 spiro atoms. The Morgan fingerprint density at radius 2 is 2.11 bits per heavy atom. The van der Waals surface area contributed by atoms with Gasteiger partial charge >= 0.3 is 0 Å². The van der Waals surface area contributed by atoms with Crippen LogP contribution in [-0.2, 0) is 0 Å². The van der Waals surface area contributed by atoms with E-state index in [1.54, 1.807) is 0 Å². The van der Waals surface area contributed by atoms with Gasteiger partial charge in [0.05, 0.1) is 0 Å². The molecule has 2 N–H and O–H groups in total. The molecule has 1 nitrogen and oxygen atoms in total. The second kappa shape index (κ2) is 4.57. The first-order chi connectivity index (χ1) is 4.20. The van der Waals surface area contributed by atoms with Crippen LogP contribution < -0.4 is 5.73 Å². The van der Waals surface area contributed by atoms with E-state index < -0.39 is 0 Å². The third-order valence-electron chi connectivity index (χ3n) is 1.29. The lowest BCUT2D eigenvalue weighted by atomic mass is 10.1. The molecule has 0 aromatic carbocycles. The van der Waals surface area contributed by atoms with Gasteiger partial charge in [-0.05, 0) is 12.3 Å². The average Bonchev–Trinajstić information content (AvgIpc) is 1.82. The molecule has 9 heavy (non-hydrogen) atoms. The van der Waals surface area contributed by atoms with Crippen molar-refractivity contribution in [2.45, 2.75) is 27.2 Å². The minimum atomic E-state index is 0.642. The fraction of sp³-hybridized carbons (Fsp3) is 0.750. The molecule has 0 amide bonds. The summed E-state index contributed by atoms with van der Waals surface area (Å²) in [4.78, 5) is 0. The van der Waals surface area contributed by atoms with Gasteiger partial charge in [0.25, 0.3) is 0 Å². The van der Waals surface area contributed by atoms with Gasteiger partial charge in [-0.3, -0.25) is 0 Å². The van der Waals surface area contributed by atoms with Crippen molar-refractivity contribution in [1.82, 2.24) is 0 Å². The largest absolute Gasteiger partial charge is 0.327 e. The molecular weight excluding hydrogens is 110 g/mol. The second-order valence-electron chi connectivity index (χ2n) is 2.63. The monoisotopic (exact) mass is 127 g/mol. The Morgan fingerprint density at radius 1 is 1.56 bits per heavy atom. The van der Waals surface area contributed by atoms with E-state index in [0.29, 0.717) is 12.5 Å². The zero-order chi connectivity index (χ0) is 7.28. The minimum Gasteiger partial charge on any atom is -0.327 e. The fourth-order valence-electron chi connectivity index (χ4n) is 0.802. The second-order valence-corrected chi connectivity index (χ2v) is 2.63. The Hall–Kier alpha value is -0.300. The number of nitrogens with two attached hydrogens (primary N) is 1. The molecule has 0 unspecified atom stereocenters. The zero-order valence-corrected chi connectivity index (χ0v) is 6.65. The fourth-order valence-corrected chi connectivity index (χ4v) is 0.802. The molecule has 0 fully saturated rings. The zero-order valence-electron chi connectivity index (χ0n) is 6.65. The highest BCUT2D eigenvalue weighted by Crippen LogP contribution is 2.03. The topological polar surface area (TPSA) is 26.0 Å². The van der Waals surface area contributed by atoms with Crippen LogP contribution in [0.1, 0.15) is 27.2 Å². The normalized spacial score (nSPS) is 12.8. The standard InChI is InChI=1S/C8H17N/c1-4-8(6-9)5-7(2)3/h5,7H,4,6,9H2,1-3H3. The van der Waals surface area contributed by atoms with E-state index >= 15 is 0 Å². The predicted molar refractivity (Wildman–Crippen MR) is 42.3 cm³/mol. The summed E-state index contributed by atoms with van der Waals surface area (Å²) >= 11 is 0. The smallest absolute Gasteiger partial charge is 0.0136 e. The molecule has 0 heterocycles. The quantitative estimate of drug-likeness (QED) is 0.576. The lowest BCUT2D eigenvalue weighted by Gasteiger charge is -2.01. The summed E-state index contributed by atoms with van der Waals surface area (Å²) < 4.78 is 0. The number of allylic oxidation sites excluding steroid dienone is 1. The Bertz CT molecular complexity index is 86.7. The first-order valence-corrected chi connectivity index (χ1v) is 3.60. The van der Waals surface area contributed by atoms with Gasteiger partial charge in [0.15, 0.2) is 0 Å². The number of hydrogen-bond acceptors (Lipinski definition) is 1. The lowest BCUT2D eigenvalue weighted by molar-refractivity contribution is 0.805. The van der Waals surface area contributed by atoms with E-state index in [-0.39, 0.29) is 0 Å². The molecule has 0 aromatic rings. The van der Waals surface area contributed by atoms with Crippen molar-refractivity contribution in [3.8, 4) is 0 Å². The van der Waals surface area contributed by atoms with Crippen LogP contribution in [-0.4, -0.2) is 6.54 Å². The minimum absolute atomic E-state index is 0.642. The van der Waals surface area contributed by atoms with Crippen molar-refractivity contribution in [2.75, 3.05) is 6.54 Å². The first-order valence-electron chi connectivity index (χ1n) is 3.60. The molecule has 0 radical (unpaired) electrons. The molecule has 1 heteroatoms. The van der Waals surface area contributed by atoms with E-state index in [1.807, 2.05) is 0 Å². The highest BCUT2D eigenvalue weighted by atomic mass is 14.5. The molecule has 0 saturated heterocycles. The average molecular weight is 127 g/mol. The molecule has 0 bridgehead atoms. The Labute approximate surface area is 57.9 Å². The summed E-state index contributed by atoms with van der Waals surface area (Å²) in [5.74, 6) is 0.642. The van der Waals surface area contributed by atoms with Crippen LogP contribution in [0.3, 0.4) is 0 Å². The molecule has 0 aliphatic rings. The van der Waals surface area contributed by atoms with Crippen molar-refractivity contribution in [2.24, 2.45) is 11.7 Å². The van der Waals surface area contributed by atoms with Gasteiger partial charge in [0, 0.05) is 6.54 Å². The lowest BCUT2D eigenvalue weighted by Crippen LogP contribution is -2.03. The van der Waals surface area contributed by atoms with Crippen LogP contribution in [0.5, 0.6) is 0 Å². The van der Waals surface area contributed by atoms with Crippen molar-refractivity contribution in [1.29, 1.82) is 0 Å². The summed E-state index contributed by atoms with van der Waals surface area (Å²) in [6.07, 6.45) is 3.33. The van der Waals surface area contributed by atoms with E-state index in [9.17, 15) is 0 Å². The molecule has 0 atom stereocenters. The van der Waals surface area contributed by atoms with Crippen molar-refractivity contribution >= 4 is 0 Å². The van der Waals surface area contributed by atoms with Gasteiger partial charge in [0.2, 0.25) is 0 Å². The summed E-state index contributed by atoms with van der Waals surface area (Å²) in [6, 6.07) is 0. The van der Waals surface area contributed by atoms with Gasteiger partial charge in [0.1, 0.15) is 0 Å². The Kier molecular flexibility index (Phi) is 4.41. The summed E-state index contributed by atoms with van der Waals surface area (Å²) in [5, 5.41) is 0. The van der Waals surface area contributed by atoms with E-state index in [1.165, 1.54) is 5.57 Å². The molecule has 0 aliphatic heterocycles. The first kappa shape index (κ1) is 8.70. The molecule has 0 aliphatic carbocycles. The molecule has 0 saturated carbocycles. The van der Waals surface area contributed by atoms with Gasteiger partial charge in [-0.1, -0.05) is 32.4 Å². The van der Waals surface area contributed by atoms with Gasteiger partial charge < -0.3 is 5.73 Å². The van der Waals surface area contributed by atoms with Crippen LogP contribution in [0.2, 0.25) is 0 Å². The number of rotatable bonds is 3. The van der Waals surface area contributed by atoms with Crippen LogP contribution in [0.25, 0.3) is 0 Å². The van der Waals surface area contributed by atoms with Crippen molar-refractivity contribution in [3.63, 3.8) is 0 Å². The van der Waals surface area contributed by atoms with Crippen LogP contribution in [0.15, 0.2) is 11.6 Å². The predicted octanol–water partition coefficient (Wildman–Crippen LogP) is 1.94. The maximum Gasteiger partial charge on any atom is 0.0136 e. The van der Waals surface area contributed by atoms with E-state index in [2.05, 4.69) is 26.8 Å². The maximum atomic E-state index is 5.46.